The van der Waals surface area contributed by atoms with Crippen molar-refractivity contribution in [2.45, 2.75) is 78.2 Å². The van der Waals surface area contributed by atoms with Crippen molar-refractivity contribution in [3.05, 3.63) is 69.8 Å². The number of hydrogen-bond donors (Lipinski definition) is 0. The van der Waals surface area contributed by atoms with Gasteiger partial charge in [-0.3, -0.25) is 0 Å². The van der Waals surface area contributed by atoms with E-state index in [0.29, 0.717) is 23.7 Å². The molecule has 2 aromatic carbocycles. The Morgan fingerprint density at radius 2 is 1.68 bits per heavy atom. The molecule has 0 aliphatic carbocycles. The summed E-state index contributed by atoms with van der Waals surface area (Å²) in [5, 5.41) is 0. The molecule has 1 saturated heterocycles. The Bertz CT molecular complexity index is 1170. The zero-order chi connectivity index (χ0) is 29.6. The molecule has 6 nitrogen and oxygen atoms in total. The summed E-state index contributed by atoms with van der Waals surface area (Å²) in [4.78, 5) is 30.2. The van der Waals surface area contributed by atoms with Crippen LogP contribution < -0.4 is 0 Å². The van der Waals surface area contributed by atoms with Crippen LogP contribution in [0.5, 0.6) is 0 Å². The van der Waals surface area contributed by atoms with E-state index in [1.165, 1.54) is 11.1 Å². The number of benzene rings is 2. The highest BCUT2D eigenvalue weighted by Gasteiger charge is 2.36. The molecule has 2 atom stereocenters. The lowest BCUT2D eigenvalue weighted by atomic mass is 9.72. The SMILES string of the molecule is Cc1cc(C(=O)OC2CCN(C)CC2CC(C)(C)c2ccc(C(=O)OCCCN(C)C)cc2C)ccc1C(C)C. The van der Waals surface area contributed by atoms with Gasteiger partial charge in [0.15, 0.2) is 0 Å². The lowest BCUT2D eigenvalue weighted by Crippen LogP contribution is -2.45. The predicted molar refractivity (Wildman–Crippen MR) is 162 cm³/mol. The van der Waals surface area contributed by atoms with Crippen molar-refractivity contribution < 1.29 is 19.1 Å². The molecule has 3 rings (SSSR count). The summed E-state index contributed by atoms with van der Waals surface area (Å²) in [5.74, 6) is 0.112. The van der Waals surface area contributed by atoms with Gasteiger partial charge in [-0.05, 0) is 112 Å². The quantitative estimate of drug-likeness (QED) is 0.239. The molecule has 6 heteroatoms. The number of piperidine rings is 1. The molecule has 1 heterocycles. The lowest BCUT2D eigenvalue weighted by Gasteiger charge is -2.40. The van der Waals surface area contributed by atoms with Crippen LogP contribution >= 0.6 is 0 Å². The van der Waals surface area contributed by atoms with Gasteiger partial charge in [-0.25, -0.2) is 9.59 Å². The fourth-order valence-corrected chi connectivity index (χ4v) is 6.14. The number of likely N-dealkylation sites (tertiary alicyclic amines) is 1. The summed E-state index contributed by atoms with van der Waals surface area (Å²) < 4.78 is 11.7. The minimum atomic E-state index is -0.274. The number of esters is 2. The van der Waals surface area contributed by atoms with Gasteiger partial charge in [0, 0.05) is 25.6 Å². The molecule has 0 radical (unpaired) electrons. The number of ether oxygens (including phenoxy) is 2. The van der Waals surface area contributed by atoms with Crippen LogP contribution in [0, 0.1) is 19.8 Å². The first-order valence-corrected chi connectivity index (χ1v) is 14.7. The average Bonchev–Trinajstić information content (AvgIpc) is 2.87. The number of aryl methyl sites for hydroxylation is 2. The first-order valence-electron chi connectivity index (χ1n) is 14.7. The monoisotopic (exact) mass is 550 g/mol. The van der Waals surface area contributed by atoms with Gasteiger partial charge in [0.25, 0.3) is 0 Å². The largest absolute Gasteiger partial charge is 0.462 e. The Morgan fingerprint density at radius 1 is 1.02 bits per heavy atom. The lowest BCUT2D eigenvalue weighted by molar-refractivity contribution is -0.0172. The molecule has 0 N–H and O–H groups in total. The fraction of sp³-hybridized carbons (Fsp3) is 0.588. The Hall–Kier alpha value is -2.70. The van der Waals surface area contributed by atoms with E-state index in [-0.39, 0.29) is 29.4 Å². The molecule has 1 aliphatic rings. The van der Waals surface area contributed by atoms with Gasteiger partial charge in [-0.1, -0.05) is 39.8 Å². The van der Waals surface area contributed by atoms with E-state index in [0.717, 1.165) is 50.0 Å². The van der Waals surface area contributed by atoms with Crippen molar-refractivity contribution in [1.82, 2.24) is 9.80 Å². The van der Waals surface area contributed by atoms with E-state index >= 15 is 0 Å². The summed E-state index contributed by atoms with van der Waals surface area (Å²) in [7, 11) is 6.15. The number of carbonyl (C=O) groups is 2. The van der Waals surface area contributed by atoms with Crippen LogP contribution in [-0.4, -0.2) is 75.2 Å². The first kappa shape index (κ1) is 31.8. The highest BCUT2D eigenvalue weighted by atomic mass is 16.5. The Labute approximate surface area is 242 Å². The molecule has 1 aliphatic heterocycles. The van der Waals surface area contributed by atoms with Gasteiger partial charge in [0.2, 0.25) is 0 Å². The smallest absolute Gasteiger partial charge is 0.338 e. The molecular weight excluding hydrogens is 500 g/mol. The number of nitrogens with zero attached hydrogens (tertiary/aromatic N) is 2. The summed E-state index contributed by atoms with van der Waals surface area (Å²) in [5.41, 5.74) is 5.71. The third-order valence-electron chi connectivity index (χ3n) is 8.20. The summed E-state index contributed by atoms with van der Waals surface area (Å²) >= 11 is 0. The topological polar surface area (TPSA) is 59.1 Å². The second-order valence-corrected chi connectivity index (χ2v) is 12.9. The second kappa shape index (κ2) is 13.8. The molecule has 0 bridgehead atoms. The van der Waals surface area contributed by atoms with Crippen molar-refractivity contribution in [3.63, 3.8) is 0 Å². The molecule has 0 amide bonds. The van der Waals surface area contributed by atoms with Crippen LogP contribution in [0.15, 0.2) is 36.4 Å². The molecule has 0 saturated carbocycles. The van der Waals surface area contributed by atoms with E-state index < -0.39 is 0 Å². The second-order valence-electron chi connectivity index (χ2n) is 12.9. The number of rotatable bonds is 11. The highest BCUT2D eigenvalue weighted by Crippen LogP contribution is 2.37. The van der Waals surface area contributed by atoms with Gasteiger partial charge in [-0.2, -0.15) is 0 Å². The molecule has 2 unspecified atom stereocenters. The molecule has 2 aromatic rings. The molecule has 40 heavy (non-hydrogen) atoms. The number of hydrogen-bond acceptors (Lipinski definition) is 6. The van der Waals surface area contributed by atoms with Crippen LogP contribution in [0.1, 0.15) is 95.8 Å². The number of carbonyl (C=O) groups excluding carboxylic acids is 2. The minimum Gasteiger partial charge on any atom is -0.462 e. The maximum atomic E-state index is 13.2. The van der Waals surface area contributed by atoms with Crippen LogP contribution in [0.25, 0.3) is 0 Å². The molecule has 220 valence electrons. The molecule has 0 spiro atoms. The maximum absolute atomic E-state index is 13.2. The van der Waals surface area contributed by atoms with E-state index in [4.69, 9.17) is 9.47 Å². The normalized spacial score (nSPS) is 18.3. The fourth-order valence-electron chi connectivity index (χ4n) is 6.14. The first-order chi connectivity index (χ1) is 18.8. The highest BCUT2D eigenvalue weighted by molar-refractivity contribution is 5.90. The molecule has 0 aromatic heterocycles. The van der Waals surface area contributed by atoms with E-state index in [9.17, 15) is 9.59 Å². The average molecular weight is 551 g/mol. The zero-order valence-electron chi connectivity index (χ0n) is 26.2. The van der Waals surface area contributed by atoms with Crippen LogP contribution in [0.3, 0.4) is 0 Å². The van der Waals surface area contributed by atoms with Gasteiger partial charge in [0.05, 0.1) is 17.7 Å². The van der Waals surface area contributed by atoms with Crippen LogP contribution in [0.4, 0.5) is 0 Å². The van der Waals surface area contributed by atoms with Crippen molar-refractivity contribution in [1.29, 1.82) is 0 Å². The Kier molecular flexibility index (Phi) is 11.0. The Balaban J connectivity index is 1.70. The van der Waals surface area contributed by atoms with E-state index in [1.807, 2.05) is 38.4 Å². The van der Waals surface area contributed by atoms with Gasteiger partial charge >= 0.3 is 11.9 Å². The van der Waals surface area contributed by atoms with E-state index in [1.54, 1.807) is 0 Å². The zero-order valence-corrected chi connectivity index (χ0v) is 26.2. The minimum absolute atomic E-state index is 0.134. The van der Waals surface area contributed by atoms with Crippen molar-refractivity contribution in [2.24, 2.45) is 5.92 Å². The summed E-state index contributed by atoms with van der Waals surface area (Å²) in [6, 6.07) is 11.8. The predicted octanol–water partition coefficient (Wildman–Crippen LogP) is 6.38. The molecule has 1 fully saturated rings. The van der Waals surface area contributed by atoms with Gasteiger partial charge in [0.1, 0.15) is 6.10 Å². The Morgan fingerprint density at radius 3 is 2.30 bits per heavy atom. The van der Waals surface area contributed by atoms with Gasteiger partial charge < -0.3 is 19.3 Å². The molecular formula is C34H50N2O4. The van der Waals surface area contributed by atoms with Gasteiger partial charge in [-0.15, -0.1) is 0 Å². The maximum Gasteiger partial charge on any atom is 0.338 e. The van der Waals surface area contributed by atoms with Crippen molar-refractivity contribution in [2.75, 3.05) is 47.4 Å². The van der Waals surface area contributed by atoms with Crippen molar-refractivity contribution in [3.8, 4) is 0 Å². The summed E-state index contributed by atoms with van der Waals surface area (Å²) in [6.45, 7) is 16.0. The van der Waals surface area contributed by atoms with Crippen molar-refractivity contribution >= 4 is 11.9 Å². The summed E-state index contributed by atoms with van der Waals surface area (Å²) in [6.07, 6.45) is 2.37. The van der Waals surface area contributed by atoms with E-state index in [2.05, 4.69) is 70.5 Å². The standard InChI is InChI=1S/C34H50N2O4/c1-23(2)29-13-11-27(19-24(29)3)33(38)40-31-15-17-36(9)22-28(31)21-34(5,6)30-14-12-26(20-25(30)4)32(37)39-18-10-16-35(7)8/h11-14,19-20,23,28,31H,10,15-18,21-22H2,1-9H3. The van der Waals surface area contributed by atoms with Crippen LogP contribution in [0.2, 0.25) is 0 Å². The van der Waals surface area contributed by atoms with Crippen LogP contribution in [-0.2, 0) is 14.9 Å². The third-order valence-corrected chi connectivity index (χ3v) is 8.20. The third kappa shape index (κ3) is 8.40.